The van der Waals surface area contributed by atoms with E-state index in [1.54, 1.807) is 0 Å². The lowest BCUT2D eigenvalue weighted by molar-refractivity contribution is 0.0718. The topological polar surface area (TPSA) is 42.4 Å². The van der Waals surface area contributed by atoms with E-state index in [-0.39, 0.29) is 11.3 Å². The monoisotopic (exact) mass is 470 g/mol. The van der Waals surface area contributed by atoms with Crippen LogP contribution in [0.5, 0.6) is 11.5 Å². The average molecular weight is 471 g/mol. The molecule has 1 aliphatic heterocycles. The third-order valence-electron chi connectivity index (χ3n) is 7.66. The normalized spacial score (nSPS) is 17.2. The second-order valence-electron chi connectivity index (χ2n) is 11.4. The molecule has 0 radical (unpaired) electrons. The Bertz CT molecular complexity index is 1180. The van der Waals surface area contributed by atoms with E-state index in [9.17, 15) is 4.79 Å². The van der Waals surface area contributed by atoms with E-state index in [0.717, 1.165) is 60.3 Å². The number of pyridine rings is 1. The van der Waals surface area contributed by atoms with Crippen LogP contribution in [0.4, 0.5) is 0 Å². The molecule has 0 N–H and O–H groups in total. The summed E-state index contributed by atoms with van der Waals surface area (Å²) in [6, 6.07) is 16.6. The number of ether oxygens (including phenoxy) is 1. The van der Waals surface area contributed by atoms with Crippen molar-refractivity contribution in [2.75, 3.05) is 13.1 Å². The van der Waals surface area contributed by atoms with Gasteiger partial charge in [0.2, 0.25) is 0 Å². The SMILES string of the molecule is CC(C)(C)c1ccc(Oc2ccc3cc(C(=O)N4CCCCC4)nc(CC4CCCC4)c3c2)cc1. The Hall–Kier alpha value is -2.88. The van der Waals surface area contributed by atoms with Crippen molar-refractivity contribution >= 4 is 16.7 Å². The van der Waals surface area contributed by atoms with Gasteiger partial charge in [-0.2, -0.15) is 0 Å². The number of hydrogen-bond acceptors (Lipinski definition) is 3. The predicted molar refractivity (Wildman–Crippen MR) is 142 cm³/mol. The Kier molecular flexibility index (Phi) is 6.82. The molecule has 3 aromatic rings. The molecule has 2 fully saturated rings. The van der Waals surface area contributed by atoms with Gasteiger partial charge in [-0.05, 0) is 78.3 Å². The summed E-state index contributed by atoms with van der Waals surface area (Å²) < 4.78 is 6.25. The molecule has 2 aliphatic rings. The van der Waals surface area contributed by atoms with E-state index < -0.39 is 0 Å². The number of amides is 1. The maximum Gasteiger partial charge on any atom is 0.272 e. The van der Waals surface area contributed by atoms with E-state index in [1.807, 2.05) is 29.2 Å². The number of rotatable bonds is 5. The van der Waals surface area contributed by atoms with Gasteiger partial charge in [0.05, 0.1) is 0 Å². The lowest BCUT2D eigenvalue weighted by atomic mass is 9.87. The number of hydrogen-bond donors (Lipinski definition) is 0. The molecule has 4 heteroatoms. The highest BCUT2D eigenvalue weighted by molar-refractivity contribution is 5.97. The van der Waals surface area contributed by atoms with Crippen molar-refractivity contribution in [3.05, 3.63) is 65.5 Å². The van der Waals surface area contributed by atoms with Crippen LogP contribution in [0.25, 0.3) is 10.8 Å². The summed E-state index contributed by atoms with van der Waals surface area (Å²) in [5.41, 5.74) is 3.05. The van der Waals surface area contributed by atoms with Crippen LogP contribution in [0.3, 0.4) is 0 Å². The molecule has 1 aliphatic carbocycles. The first kappa shape index (κ1) is 23.8. The summed E-state index contributed by atoms with van der Waals surface area (Å²) in [7, 11) is 0. The average Bonchev–Trinajstić information content (AvgIpc) is 3.37. The van der Waals surface area contributed by atoms with Gasteiger partial charge >= 0.3 is 0 Å². The molecule has 0 unspecified atom stereocenters. The highest BCUT2D eigenvalue weighted by Gasteiger charge is 2.23. The Balaban J connectivity index is 1.46. The van der Waals surface area contributed by atoms with E-state index in [4.69, 9.17) is 9.72 Å². The number of carbonyl (C=O) groups excluding carboxylic acids is 1. The number of nitrogens with zero attached hydrogens (tertiary/aromatic N) is 2. The fraction of sp³-hybridized carbons (Fsp3) is 0.484. The highest BCUT2D eigenvalue weighted by atomic mass is 16.5. The smallest absolute Gasteiger partial charge is 0.272 e. The summed E-state index contributed by atoms with van der Waals surface area (Å²) in [5, 5.41) is 2.18. The minimum atomic E-state index is 0.0820. The fourth-order valence-corrected chi connectivity index (χ4v) is 5.53. The molecule has 4 nitrogen and oxygen atoms in total. The first-order valence-corrected chi connectivity index (χ1v) is 13.4. The van der Waals surface area contributed by atoms with Gasteiger partial charge in [0, 0.05) is 24.2 Å². The zero-order valence-corrected chi connectivity index (χ0v) is 21.5. The number of carbonyl (C=O) groups is 1. The molecule has 0 bridgehead atoms. The molecule has 1 saturated carbocycles. The van der Waals surface area contributed by atoms with Gasteiger partial charge in [0.25, 0.3) is 5.91 Å². The fourth-order valence-electron chi connectivity index (χ4n) is 5.53. The van der Waals surface area contributed by atoms with Crippen molar-refractivity contribution in [3.8, 4) is 11.5 Å². The standard InChI is InChI=1S/C31H38N2O2/c1-31(2,3)24-12-15-25(16-13-24)35-26-14-11-23-20-29(30(34)33-17-7-4-8-18-33)32-28(27(23)21-26)19-22-9-5-6-10-22/h11-16,20-22H,4-10,17-19H2,1-3H3. The molecule has 184 valence electrons. The second kappa shape index (κ2) is 10.0. The molecule has 2 aromatic carbocycles. The number of benzene rings is 2. The molecule has 5 rings (SSSR count). The third-order valence-corrected chi connectivity index (χ3v) is 7.66. The summed E-state index contributed by atoms with van der Waals surface area (Å²) in [6.07, 6.45) is 9.43. The molecule has 2 heterocycles. The number of aromatic nitrogens is 1. The largest absolute Gasteiger partial charge is 0.457 e. The van der Waals surface area contributed by atoms with Gasteiger partial charge < -0.3 is 9.64 Å². The van der Waals surface area contributed by atoms with Crippen LogP contribution >= 0.6 is 0 Å². The Morgan fingerprint density at radius 1 is 0.914 bits per heavy atom. The van der Waals surface area contributed by atoms with Crippen molar-refractivity contribution in [3.63, 3.8) is 0 Å². The van der Waals surface area contributed by atoms with Crippen molar-refractivity contribution < 1.29 is 9.53 Å². The maximum absolute atomic E-state index is 13.3. The van der Waals surface area contributed by atoms with Gasteiger partial charge in [0.1, 0.15) is 17.2 Å². The molecule has 0 atom stereocenters. The Morgan fingerprint density at radius 2 is 1.60 bits per heavy atom. The van der Waals surface area contributed by atoms with Gasteiger partial charge in [-0.1, -0.05) is 64.7 Å². The zero-order chi connectivity index (χ0) is 24.4. The summed E-state index contributed by atoms with van der Waals surface area (Å²) in [4.78, 5) is 20.2. The molecule has 0 spiro atoms. The van der Waals surface area contributed by atoms with Crippen LogP contribution in [0.15, 0.2) is 48.5 Å². The summed E-state index contributed by atoms with van der Waals surface area (Å²) >= 11 is 0. The highest BCUT2D eigenvalue weighted by Crippen LogP contribution is 2.33. The number of likely N-dealkylation sites (tertiary alicyclic amines) is 1. The molecule has 1 saturated heterocycles. The molecule has 1 amide bonds. The van der Waals surface area contributed by atoms with E-state index in [0.29, 0.717) is 11.6 Å². The van der Waals surface area contributed by atoms with Crippen molar-refractivity contribution in [2.45, 2.75) is 77.6 Å². The van der Waals surface area contributed by atoms with Gasteiger partial charge in [0.15, 0.2) is 0 Å². The van der Waals surface area contributed by atoms with Crippen LogP contribution in [-0.4, -0.2) is 28.9 Å². The number of piperidine rings is 1. The Morgan fingerprint density at radius 3 is 2.29 bits per heavy atom. The molecular formula is C31H38N2O2. The third kappa shape index (κ3) is 5.52. The molecule has 35 heavy (non-hydrogen) atoms. The lowest BCUT2D eigenvalue weighted by Gasteiger charge is -2.26. The Labute approximate surface area is 209 Å². The quantitative estimate of drug-likeness (QED) is 0.384. The van der Waals surface area contributed by atoms with Crippen molar-refractivity contribution in [1.29, 1.82) is 0 Å². The second-order valence-corrected chi connectivity index (χ2v) is 11.4. The van der Waals surface area contributed by atoms with Crippen LogP contribution in [-0.2, 0) is 11.8 Å². The lowest BCUT2D eigenvalue weighted by Crippen LogP contribution is -2.36. The number of fused-ring (bicyclic) bond motifs is 1. The minimum Gasteiger partial charge on any atom is -0.457 e. The van der Waals surface area contributed by atoms with Crippen molar-refractivity contribution in [1.82, 2.24) is 9.88 Å². The van der Waals surface area contributed by atoms with E-state index in [1.165, 1.54) is 37.7 Å². The van der Waals surface area contributed by atoms with Gasteiger partial charge in [-0.25, -0.2) is 4.98 Å². The van der Waals surface area contributed by atoms with E-state index in [2.05, 4.69) is 45.0 Å². The maximum atomic E-state index is 13.3. The van der Waals surface area contributed by atoms with Gasteiger partial charge in [-0.3, -0.25) is 4.79 Å². The van der Waals surface area contributed by atoms with Crippen molar-refractivity contribution in [2.24, 2.45) is 5.92 Å². The van der Waals surface area contributed by atoms with Crippen LogP contribution < -0.4 is 4.74 Å². The predicted octanol–water partition coefficient (Wildman–Crippen LogP) is 7.68. The first-order valence-electron chi connectivity index (χ1n) is 13.4. The zero-order valence-electron chi connectivity index (χ0n) is 21.5. The summed E-state index contributed by atoms with van der Waals surface area (Å²) in [6.45, 7) is 8.34. The summed E-state index contributed by atoms with van der Waals surface area (Å²) in [5.74, 6) is 2.38. The van der Waals surface area contributed by atoms with Crippen LogP contribution in [0, 0.1) is 5.92 Å². The molecule has 1 aromatic heterocycles. The molecular weight excluding hydrogens is 432 g/mol. The van der Waals surface area contributed by atoms with Gasteiger partial charge in [-0.15, -0.1) is 0 Å². The van der Waals surface area contributed by atoms with Crippen LogP contribution in [0.2, 0.25) is 0 Å². The van der Waals surface area contributed by atoms with Crippen LogP contribution in [0.1, 0.15) is 87.5 Å². The van der Waals surface area contributed by atoms with E-state index >= 15 is 0 Å². The minimum absolute atomic E-state index is 0.0820. The first-order chi connectivity index (χ1) is 16.9.